The van der Waals surface area contributed by atoms with Crippen LogP contribution in [0.4, 0.5) is 0 Å². The van der Waals surface area contributed by atoms with Crippen molar-refractivity contribution in [3.05, 3.63) is 0 Å². The van der Waals surface area contributed by atoms with Gasteiger partial charge in [0.25, 0.3) is 0 Å². The van der Waals surface area contributed by atoms with Crippen molar-refractivity contribution in [2.75, 3.05) is 6.61 Å². The SMILES string of the molecule is C[C@@H]1COC2CC34C5OC(=O)C3(O[C@@H]3OC(=O)[C@H](O)C34C(C(C)(C)C)[C@H]5O)[C@]21O. The molecule has 29 heavy (non-hydrogen) atoms. The number of aliphatic hydroxyl groups excluding tert-OH is 2. The minimum atomic E-state index is -1.88. The molecule has 6 rings (SSSR count). The Morgan fingerprint density at radius 2 is 1.83 bits per heavy atom. The van der Waals surface area contributed by atoms with E-state index < -0.39 is 81.9 Å². The number of hydrogen-bond donors (Lipinski definition) is 3. The summed E-state index contributed by atoms with van der Waals surface area (Å²) in [5.74, 6) is -2.77. The zero-order chi connectivity index (χ0) is 20.9. The monoisotopic (exact) mass is 410 g/mol. The third-order valence-electron chi connectivity index (χ3n) is 8.94. The molecule has 3 N–H and O–H groups in total. The van der Waals surface area contributed by atoms with Crippen molar-refractivity contribution in [3.63, 3.8) is 0 Å². The van der Waals surface area contributed by atoms with Gasteiger partial charge < -0.3 is 34.3 Å². The third-order valence-corrected chi connectivity index (χ3v) is 8.94. The van der Waals surface area contributed by atoms with E-state index in [0.29, 0.717) is 0 Å². The predicted molar refractivity (Wildman–Crippen MR) is 91.9 cm³/mol. The lowest BCUT2D eigenvalue weighted by Gasteiger charge is -2.46. The Bertz CT molecular complexity index is 851. The van der Waals surface area contributed by atoms with Crippen LogP contribution in [0.1, 0.15) is 34.1 Å². The van der Waals surface area contributed by atoms with Crippen molar-refractivity contribution in [2.45, 2.75) is 76.0 Å². The van der Waals surface area contributed by atoms with Crippen LogP contribution in [0.2, 0.25) is 0 Å². The summed E-state index contributed by atoms with van der Waals surface area (Å²) in [7, 11) is 0. The first-order valence-corrected chi connectivity index (χ1v) is 10.2. The molecule has 0 aromatic heterocycles. The molecule has 4 saturated heterocycles. The maximum absolute atomic E-state index is 13.4. The van der Waals surface area contributed by atoms with Gasteiger partial charge in [0.05, 0.1) is 29.6 Å². The molecule has 9 nitrogen and oxygen atoms in total. The second-order valence-electron chi connectivity index (χ2n) is 10.8. The van der Waals surface area contributed by atoms with E-state index in [1.807, 2.05) is 20.8 Å². The molecule has 4 aliphatic heterocycles. The minimum absolute atomic E-state index is 0.123. The Balaban J connectivity index is 1.71. The summed E-state index contributed by atoms with van der Waals surface area (Å²) >= 11 is 0. The van der Waals surface area contributed by atoms with Crippen molar-refractivity contribution < 1.29 is 43.9 Å². The van der Waals surface area contributed by atoms with Gasteiger partial charge in [-0.3, -0.25) is 0 Å². The summed E-state index contributed by atoms with van der Waals surface area (Å²) in [6.45, 7) is 7.70. The molecular formula is C20H26O9. The highest BCUT2D eigenvalue weighted by atomic mass is 16.8. The number of carbonyl (C=O) groups excluding carboxylic acids is 2. The summed E-state index contributed by atoms with van der Waals surface area (Å²) < 4.78 is 23.3. The molecule has 2 aliphatic carbocycles. The molecule has 0 radical (unpaired) electrons. The largest absolute Gasteiger partial charge is 0.457 e. The van der Waals surface area contributed by atoms with Crippen LogP contribution in [-0.2, 0) is 28.5 Å². The normalized spacial score (nSPS) is 62.0. The lowest BCUT2D eigenvalue weighted by atomic mass is 9.51. The lowest BCUT2D eigenvalue weighted by molar-refractivity contribution is -0.239. The van der Waals surface area contributed by atoms with E-state index in [1.165, 1.54) is 0 Å². The van der Waals surface area contributed by atoms with Gasteiger partial charge in [0.2, 0.25) is 11.9 Å². The van der Waals surface area contributed by atoms with Gasteiger partial charge in [-0.25, -0.2) is 9.59 Å². The summed E-state index contributed by atoms with van der Waals surface area (Å²) in [6.07, 6.45) is -5.70. The zero-order valence-electron chi connectivity index (χ0n) is 16.7. The van der Waals surface area contributed by atoms with Crippen LogP contribution in [0.5, 0.6) is 0 Å². The van der Waals surface area contributed by atoms with Crippen molar-refractivity contribution in [3.8, 4) is 0 Å². The number of esters is 2. The maximum Gasteiger partial charge on any atom is 0.342 e. The third kappa shape index (κ3) is 1.38. The number of rotatable bonds is 0. The second-order valence-corrected chi connectivity index (χ2v) is 10.8. The summed E-state index contributed by atoms with van der Waals surface area (Å²) in [5.41, 5.74) is -6.97. The van der Waals surface area contributed by atoms with E-state index in [9.17, 15) is 24.9 Å². The first kappa shape index (κ1) is 18.5. The maximum atomic E-state index is 13.4. The Kier molecular flexibility index (Phi) is 2.97. The number of ether oxygens (including phenoxy) is 4. The molecule has 0 bridgehead atoms. The van der Waals surface area contributed by atoms with Gasteiger partial charge in [0, 0.05) is 11.8 Å². The van der Waals surface area contributed by atoms with Gasteiger partial charge in [-0.2, -0.15) is 0 Å². The highest BCUT2D eigenvalue weighted by Crippen LogP contribution is 2.84. The average Bonchev–Trinajstić information content (AvgIpc) is 3.31. The van der Waals surface area contributed by atoms with Crippen LogP contribution in [0.3, 0.4) is 0 Å². The van der Waals surface area contributed by atoms with Crippen LogP contribution in [0, 0.1) is 28.1 Å². The number of carbonyl (C=O) groups is 2. The standard InChI is InChI=1S/C20H26O9/c1-7-6-26-8-5-17-12-9(21)10(16(2,3)4)18(17)11(22)13(23)28-15(18)29-20(17,14(24)27-12)19(7,8)25/h7-12,15,21-22,25H,5-6H2,1-4H3/t7-,8?,9-,10?,11+,12?,15+,17?,18?,19-,20?/m1/s1. The molecular weight excluding hydrogens is 384 g/mol. The first-order chi connectivity index (χ1) is 13.4. The quantitative estimate of drug-likeness (QED) is 0.435. The predicted octanol–water partition coefficient (Wildman–Crippen LogP) is -0.896. The molecule has 6 fully saturated rings. The lowest BCUT2D eigenvalue weighted by Crippen LogP contribution is -2.66. The summed E-state index contributed by atoms with van der Waals surface area (Å²) in [6, 6.07) is 0. The molecule has 4 heterocycles. The van der Waals surface area contributed by atoms with Crippen LogP contribution in [0.25, 0.3) is 0 Å². The van der Waals surface area contributed by atoms with Crippen LogP contribution in [-0.4, -0.2) is 75.8 Å². The van der Waals surface area contributed by atoms with E-state index in [-0.39, 0.29) is 13.0 Å². The molecule has 6 aliphatic rings. The van der Waals surface area contributed by atoms with Gasteiger partial charge >= 0.3 is 11.9 Å². The summed E-state index contributed by atoms with van der Waals surface area (Å²) in [5, 5.41) is 34.5. The highest BCUT2D eigenvalue weighted by molar-refractivity contribution is 5.91. The molecule has 0 amide bonds. The van der Waals surface area contributed by atoms with E-state index in [1.54, 1.807) is 6.92 Å². The minimum Gasteiger partial charge on any atom is -0.457 e. The number of aliphatic hydroxyl groups is 3. The van der Waals surface area contributed by atoms with Crippen molar-refractivity contribution in [1.29, 1.82) is 0 Å². The molecule has 6 unspecified atom stereocenters. The van der Waals surface area contributed by atoms with Gasteiger partial charge in [-0.15, -0.1) is 0 Å². The van der Waals surface area contributed by atoms with Gasteiger partial charge in [-0.05, 0) is 11.8 Å². The Hall–Kier alpha value is -1.26. The van der Waals surface area contributed by atoms with Gasteiger partial charge in [-0.1, -0.05) is 27.7 Å². The Labute approximate surface area is 167 Å². The topological polar surface area (TPSA) is 132 Å². The average molecular weight is 410 g/mol. The van der Waals surface area contributed by atoms with E-state index in [4.69, 9.17) is 18.9 Å². The number of hydrogen-bond acceptors (Lipinski definition) is 9. The molecule has 160 valence electrons. The van der Waals surface area contributed by atoms with E-state index in [2.05, 4.69) is 0 Å². The fourth-order valence-electron chi connectivity index (χ4n) is 8.32. The molecule has 9 heteroatoms. The Morgan fingerprint density at radius 1 is 1.14 bits per heavy atom. The highest BCUT2D eigenvalue weighted by Gasteiger charge is 3.01. The van der Waals surface area contributed by atoms with Crippen LogP contribution < -0.4 is 0 Å². The number of fused-ring (bicyclic) bond motifs is 1. The fraction of sp³-hybridized carbons (Fsp3) is 0.900. The summed E-state index contributed by atoms with van der Waals surface area (Å²) in [4.78, 5) is 25.9. The van der Waals surface area contributed by atoms with Gasteiger partial charge in [0.15, 0.2) is 6.10 Å². The van der Waals surface area contributed by atoms with E-state index >= 15 is 0 Å². The van der Waals surface area contributed by atoms with Crippen molar-refractivity contribution in [1.82, 2.24) is 0 Å². The molecule has 0 aromatic carbocycles. The Morgan fingerprint density at radius 3 is 2.48 bits per heavy atom. The smallest absolute Gasteiger partial charge is 0.342 e. The first-order valence-electron chi connectivity index (χ1n) is 10.2. The molecule has 11 atom stereocenters. The van der Waals surface area contributed by atoms with Gasteiger partial charge in [0.1, 0.15) is 11.7 Å². The van der Waals surface area contributed by atoms with Crippen molar-refractivity contribution in [2.24, 2.45) is 28.1 Å². The molecule has 2 saturated carbocycles. The van der Waals surface area contributed by atoms with E-state index in [0.717, 1.165) is 0 Å². The van der Waals surface area contributed by atoms with Crippen LogP contribution >= 0.6 is 0 Å². The van der Waals surface area contributed by atoms with Crippen LogP contribution in [0.15, 0.2) is 0 Å². The molecule has 2 spiro atoms. The molecule has 0 aromatic rings. The second kappa shape index (κ2) is 4.65. The zero-order valence-corrected chi connectivity index (χ0v) is 16.7. The fourth-order valence-corrected chi connectivity index (χ4v) is 8.32. The van der Waals surface area contributed by atoms with Crippen molar-refractivity contribution >= 4 is 11.9 Å².